The molecule has 1 rings (SSSR count). The average molecular weight is 270 g/mol. The van der Waals surface area contributed by atoms with Crippen LogP contribution in [-0.2, 0) is 4.43 Å². The summed E-state index contributed by atoms with van der Waals surface area (Å²) in [5.41, 5.74) is 2.61. The van der Waals surface area contributed by atoms with E-state index < -0.39 is 8.32 Å². The van der Waals surface area contributed by atoms with Crippen molar-refractivity contribution in [3.8, 4) is 0 Å². The molecule has 0 saturated carbocycles. The molecular weight excluding hydrogens is 240 g/mol. The predicted octanol–water partition coefficient (Wildman–Crippen LogP) is 4.12. The van der Waals surface area contributed by atoms with Gasteiger partial charge in [-0.3, -0.25) is 0 Å². The molecule has 2 nitrogen and oxygen atoms in total. The maximum atomic E-state index is 9.44. The molecule has 106 valence electrons. The highest BCUT2D eigenvalue weighted by Gasteiger charge is 2.37. The lowest BCUT2D eigenvalue weighted by Gasteiger charge is -2.36. The van der Waals surface area contributed by atoms with E-state index in [-0.39, 0.29) is 11.6 Å². The van der Waals surface area contributed by atoms with Crippen LogP contribution in [0.4, 0.5) is 0 Å². The van der Waals surface area contributed by atoms with Crippen LogP contribution in [0.3, 0.4) is 0 Å². The van der Waals surface area contributed by atoms with Crippen LogP contribution in [0.15, 0.2) is 11.1 Å². The van der Waals surface area contributed by atoms with Gasteiger partial charge in [0.2, 0.25) is 0 Å². The predicted molar refractivity (Wildman–Crippen MR) is 80.3 cm³/mol. The Labute approximate surface area is 114 Å². The van der Waals surface area contributed by atoms with Crippen molar-refractivity contribution in [2.45, 2.75) is 65.1 Å². The van der Waals surface area contributed by atoms with E-state index in [0.29, 0.717) is 0 Å². The summed E-state index contributed by atoms with van der Waals surface area (Å²) in [6.07, 6.45) is 3.40. The molecular formula is C15H30O2Si. The van der Waals surface area contributed by atoms with Gasteiger partial charge in [0.25, 0.3) is 0 Å². The molecule has 0 aliphatic heterocycles. The first-order chi connectivity index (χ1) is 8.21. The van der Waals surface area contributed by atoms with E-state index in [2.05, 4.69) is 40.8 Å². The summed E-state index contributed by atoms with van der Waals surface area (Å²) >= 11 is 0. The highest BCUT2D eigenvalue weighted by Crippen LogP contribution is 2.39. The molecule has 0 fully saturated rings. The summed E-state index contributed by atoms with van der Waals surface area (Å²) in [4.78, 5) is 0. The Bertz CT molecular complexity index is 313. The molecule has 1 aliphatic carbocycles. The van der Waals surface area contributed by atoms with Crippen molar-refractivity contribution in [1.82, 2.24) is 0 Å². The molecule has 0 amide bonds. The van der Waals surface area contributed by atoms with Gasteiger partial charge in [0, 0.05) is 0 Å². The summed E-state index contributed by atoms with van der Waals surface area (Å²) in [7, 11) is -1.66. The van der Waals surface area contributed by atoms with E-state index >= 15 is 0 Å². The Hall–Kier alpha value is -0.123. The largest absolute Gasteiger partial charge is 0.413 e. The smallest absolute Gasteiger partial charge is 0.192 e. The molecule has 18 heavy (non-hydrogen) atoms. The molecule has 0 aromatic carbocycles. The lowest BCUT2D eigenvalue weighted by molar-refractivity contribution is 0.305. The van der Waals surface area contributed by atoms with Crippen molar-refractivity contribution in [1.29, 1.82) is 0 Å². The maximum Gasteiger partial charge on any atom is 0.192 e. The SMILES string of the molecule is CC[C@@H]1CC(CO)=C(CO[Si](C)(C)C(C)(C)C)C1. The first-order valence-corrected chi connectivity index (χ1v) is 10.1. The highest BCUT2D eigenvalue weighted by molar-refractivity contribution is 6.74. The van der Waals surface area contributed by atoms with Gasteiger partial charge in [-0.25, -0.2) is 0 Å². The molecule has 0 radical (unpaired) electrons. The lowest BCUT2D eigenvalue weighted by Crippen LogP contribution is -2.41. The Morgan fingerprint density at radius 1 is 1.22 bits per heavy atom. The third-order valence-electron chi connectivity index (χ3n) is 4.75. The van der Waals surface area contributed by atoms with E-state index in [9.17, 15) is 5.11 Å². The van der Waals surface area contributed by atoms with Crippen LogP contribution in [-0.4, -0.2) is 26.6 Å². The van der Waals surface area contributed by atoms with E-state index in [0.717, 1.165) is 25.4 Å². The van der Waals surface area contributed by atoms with Gasteiger partial charge >= 0.3 is 0 Å². The van der Waals surface area contributed by atoms with E-state index in [1.165, 1.54) is 17.6 Å². The molecule has 0 unspecified atom stereocenters. The second-order valence-corrected chi connectivity index (χ2v) is 11.9. The third kappa shape index (κ3) is 3.69. The van der Waals surface area contributed by atoms with Gasteiger partial charge in [0.15, 0.2) is 8.32 Å². The van der Waals surface area contributed by atoms with Crippen molar-refractivity contribution < 1.29 is 9.53 Å². The van der Waals surface area contributed by atoms with Gasteiger partial charge in [-0.2, -0.15) is 0 Å². The summed E-state index contributed by atoms with van der Waals surface area (Å²) in [5.74, 6) is 0.727. The minimum absolute atomic E-state index is 0.215. The zero-order valence-corrected chi connectivity index (χ0v) is 14.0. The molecule has 1 atom stereocenters. The van der Waals surface area contributed by atoms with Crippen LogP contribution >= 0.6 is 0 Å². The molecule has 0 aromatic rings. The fraction of sp³-hybridized carbons (Fsp3) is 0.867. The standard InChI is InChI=1S/C15H30O2Si/c1-7-12-8-13(10-16)14(9-12)11-17-18(5,6)15(2,3)4/h12,16H,7-11H2,1-6H3/t12-/m1/s1. The summed E-state index contributed by atoms with van der Waals surface area (Å²) < 4.78 is 6.27. The number of hydrogen-bond donors (Lipinski definition) is 1. The van der Waals surface area contributed by atoms with Crippen molar-refractivity contribution in [2.24, 2.45) is 5.92 Å². The second-order valence-electron chi connectivity index (χ2n) is 7.10. The molecule has 1 N–H and O–H groups in total. The maximum absolute atomic E-state index is 9.44. The molecule has 0 aromatic heterocycles. The number of rotatable bonds is 5. The van der Waals surface area contributed by atoms with Gasteiger partial charge < -0.3 is 9.53 Å². The quantitative estimate of drug-likeness (QED) is 0.601. The van der Waals surface area contributed by atoms with Gasteiger partial charge in [-0.05, 0) is 48.0 Å². The van der Waals surface area contributed by atoms with Crippen LogP contribution in [0.2, 0.25) is 18.1 Å². The van der Waals surface area contributed by atoms with Crippen LogP contribution in [0.25, 0.3) is 0 Å². The third-order valence-corrected chi connectivity index (χ3v) is 9.23. The van der Waals surface area contributed by atoms with Crippen molar-refractivity contribution in [3.63, 3.8) is 0 Å². The van der Waals surface area contributed by atoms with E-state index in [4.69, 9.17) is 4.43 Å². The summed E-state index contributed by atoms with van der Waals surface area (Å²) in [6.45, 7) is 14.6. The van der Waals surface area contributed by atoms with Gasteiger partial charge in [0.05, 0.1) is 13.2 Å². The Morgan fingerprint density at radius 2 is 1.78 bits per heavy atom. The molecule has 1 aliphatic rings. The van der Waals surface area contributed by atoms with Crippen LogP contribution in [0.5, 0.6) is 0 Å². The second kappa shape index (κ2) is 5.89. The van der Waals surface area contributed by atoms with Gasteiger partial charge in [-0.15, -0.1) is 0 Å². The molecule has 0 spiro atoms. The Balaban J connectivity index is 2.63. The number of hydrogen-bond acceptors (Lipinski definition) is 2. The Kier molecular flexibility index (Phi) is 5.21. The van der Waals surface area contributed by atoms with Crippen molar-refractivity contribution >= 4 is 8.32 Å². The van der Waals surface area contributed by atoms with Gasteiger partial charge in [-0.1, -0.05) is 34.1 Å². The zero-order valence-electron chi connectivity index (χ0n) is 13.0. The van der Waals surface area contributed by atoms with Crippen LogP contribution < -0.4 is 0 Å². The minimum Gasteiger partial charge on any atom is -0.413 e. The Morgan fingerprint density at radius 3 is 2.22 bits per heavy atom. The topological polar surface area (TPSA) is 29.5 Å². The monoisotopic (exact) mass is 270 g/mol. The molecule has 0 bridgehead atoms. The van der Waals surface area contributed by atoms with E-state index in [1.807, 2.05) is 0 Å². The fourth-order valence-electron chi connectivity index (χ4n) is 2.17. The average Bonchev–Trinajstić information content (AvgIpc) is 2.67. The van der Waals surface area contributed by atoms with E-state index in [1.54, 1.807) is 0 Å². The summed E-state index contributed by atoms with van der Waals surface area (Å²) in [6, 6.07) is 0. The summed E-state index contributed by atoms with van der Waals surface area (Å²) in [5, 5.41) is 9.70. The first kappa shape index (κ1) is 15.9. The van der Waals surface area contributed by atoms with Crippen molar-refractivity contribution in [3.05, 3.63) is 11.1 Å². The number of aliphatic hydroxyl groups excluding tert-OH is 1. The zero-order chi connectivity index (χ0) is 14.0. The molecule has 0 saturated heterocycles. The van der Waals surface area contributed by atoms with Gasteiger partial charge in [0.1, 0.15) is 0 Å². The normalized spacial score (nSPS) is 21.8. The molecule has 0 heterocycles. The number of aliphatic hydroxyl groups is 1. The molecule has 3 heteroatoms. The van der Waals surface area contributed by atoms with Crippen LogP contribution in [0, 0.1) is 5.92 Å². The van der Waals surface area contributed by atoms with Crippen molar-refractivity contribution in [2.75, 3.05) is 13.2 Å². The first-order valence-electron chi connectivity index (χ1n) is 7.16. The lowest BCUT2D eigenvalue weighted by atomic mass is 10.0. The highest BCUT2D eigenvalue weighted by atomic mass is 28.4. The fourth-order valence-corrected chi connectivity index (χ4v) is 3.14. The van der Waals surface area contributed by atoms with Crippen LogP contribution in [0.1, 0.15) is 47.0 Å². The minimum atomic E-state index is -1.66.